The third kappa shape index (κ3) is 2.52. The van der Waals surface area contributed by atoms with Gasteiger partial charge in [-0.3, -0.25) is 5.84 Å². The fourth-order valence-corrected chi connectivity index (χ4v) is 2.09. The minimum atomic E-state index is -0.901. The molecular formula is C14H16F2N4. The van der Waals surface area contributed by atoms with Gasteiger partial charge in [0.1, 0.15) is 0 Å². The lowest BCUT2D eigenvalue weighted by Gasteiger charge is -2.19. The highest BCUT2D eigenvalue weighted by Crippen LogP contribution is 2.27. The van der Waals surface area contributed by atoms with Crippen molar-refractivity contribution in [2.24, 2.45) is 5.84 Å². The van der Waals surface area contributed by atoms with Crippen LogP contribution in [0.3, 0.4) is 0 Å². The van der Waals surface area contributed by atoms with E-state index in [1.807, 2.05) is 0 Å². The van der Waals surface area contributed by atoms with Crippen molar-refractivity contribution in [2.45, 2.75) is 26.8 Å². The fraction of sp³-hybridized carbons (Fsp3) is 0.286. The van der Waals surface area contributed by atoms with Gasteiger partial charge in [-0.1, -0.05) is 12.1 Å². The molecule has 1 heterocycles. The molecule has 2 aromatic rings. The summed E-state index contributed by atoms with van der Waals surface area (Å²) >= 11 is 0. The number of hydrogen-bond acceptors (Lipinski definition) is 4. The average Bonchev–Trinajstić information content (AvgIpc) is 2.43. The van der Waals surface area contributed by atoms with E-state index in [2.05, 4.69) is 15.6 Å². The second-order valence-electron chi connectivity index (χ2n) is 4.73. The zero-order valence-electron chi connectivity index (χ0n) is 11.5. The van der Waals surface area contributed by atoms with E-state index < -0.39 is 17.7 Å². The zero-order valence-corrected chi connectivity index (χ0v) is 11.5. The van der Waals surface area contributed by atoms with E-state index in [4.69, 9.17) is 5.84 Å². The van der Waals surface area contributed by atoms with Gasteiger partial charge in [0.15, 0.2) is 11.6 Å². The maximum atomic E-state index is 14.1. The van der Waals surface area contributed by atoms with E-state index in [9.17, 15) is 8.78 Å². The second-order valence-corrected chi connectivity index (χ2v) is 4.73. The molecule has 0 bridgehead atoms. The molecular weight excluding hydrogens is 262 g/mol. The molecule has 0 aliphatic carbocycles. The fourth-order valence-electron chi connectivity index (χ4n) is 2.09. The Balaban J connectivity index is 2.58. The van der Waals surface area contributed by atoms with Crippen molar-refractivity contribution in [3.8, 4) is 0 Å². The third-order valence-corrected chi connectivity index (χ3v) is 3.23. The number of aryl methyl sites for hydroxylation is 3. The predicted molar refractivity (Wildman–Crippen MR) is 71.8 cm³/mol. The lowest BCUT2D eigenvalue weighted by atomic mass is 9.96. The van der Waals surface area contributed by atoms with Crippen molar-refractivity contribution >= 4 is 0 Å². The lowest BCUT2D eigenvalue weighted by Crippen LogP contribution is -2.30. The van der Waals surface area contributed by atoms with E-state index in [0.717, 1.165) is 0 Å². The van der Waals surface area contributed by atoms with Crippen LogP contribution in [0.25, 0.3) is 0 Å². The van der Waals surface area contributed by atoms with Crippen molar-refractivity contribution in [3.63, 3.8) is 0 Å². The molecule has 0 fully saturated rings. The van der Waals surface area contributed by atoms with Crippen molar-refractivity contribution in [3.05, 3.63) is 57.9 Å². The summed E-state index contributed by atoms with van der Waals surface area (Å²) in [4.78, 5) is 0. The molecule has 0 amide bonds. The first-order valence-electron chi connectivity index (χ1n) is 6.17. The number of benzene rings is 1. The Hall–Kier alpha value is -1.92. The molecule has 0 saturated carbocycles. The van der Waals surface area contributed by atoms with Crippen LogP contribution in [0.2, 0.25) is 0 Å². The van der Waals surface area contributed by atoms with E-state index in [1.54, 1.807) is 19.9 Å². The van der Waals surface area contributed by atoms with Crippen LogP contribution >= 0.6 is 0 Å². The van der Waals surface area contributed by atoms with Gasteiger partial charge in [0.25, 0.3) is 0 Å². The summed E-state index contributed by atoms with van der Waals surface area (Å²) in [5.74, 6) is 3.76. The molecule has 106 valence electrons. The lowest BCUT2D eigenvalue weighted by molar-refractivity contribution is 0.477. The molecule has 0 aliphatic heterocycles. The van der Waals surface area contributed by atoms with Gasteiger partial charge in [-0.15, -0.1) is 0 Å². The van der Waals surface area contributed by atoms with Crippen LogP contribution in [-0.4, -0.2) is 10.2 Å². The van der Waals surface area contributed by atoms with Gasteiger partial charge in [-0.2, -0.15) is 10.2 Å². The summed E-state index contributed by atoms with van der Waals surface area (Å²) in [6, 6.07) is 4.12. The van der Waals surface area contributed by atoms with Gasteiger partial charge in [0.05, 0.1) is 17.4 Å². The maximum absolute atomic E-state index is 14.1. The van der Waals surface area contributed by atoms with Crippen LogP contribution in [0, 0.1) is 32.4 Å². The molecule has 1 aromatic heterocycles. The van der Waals surface area contributed by atoms with E-state index in [1.165, 1.54) is 19.1 Å². The Labute approximate surface area is 116 Å². The predicted octanol–water partition coefficient (Wildman–Crippen LogP) is 2.23. The van der Waals surface area contributed by atoms with Crippen LogP contribution in [0.15, 0.2) is 18.2 Å². The maximum Gasteiger partial charge on any atom is 0.164 e. The molecule has 4 nitrogen and oxygen atoms in total. The molecule has 0 radical (unpaired) electrons. The van der Waals surface area contributed by atoms with Gasteiger partial charge in [0, 0.05) is 5.56 Å². The Morgan fingerprint density at radius 3 is 2.40 bits per heavy atom. The molecule has 2 rings (SSSR count). The molecule has 20 heavy (non-hydrogen) atoms. The van der Waals surface area contributed by atoms with Crippen LogP contribution in [-0.2, 0) is 0 Å². The number of nitrogens with two attached hydrogens (primary N) is 1. The topological polar surface area (TPSA) is 63.8 Å². The molecule has 0 spiro atoms. The highest BCUT2D eigenvalue weighted by molar-refractivity contribution is 5.37. The molecule has 1 atom stereocenters. The first kappa shape index (κ1) is 14.5. The standard InChI is InChI=1S/C14H16F2N4/c1-7-4-5-10(13(16)12(7)15)14(18-17)11-6-8(2)19-20-9(11)3/h4-6,14,18H,17H2,1-3H3. The number of hydrogen-bond donors (Lipinski definition) is 2. The van der Waals surface area contributed by atoms with Gasteiger partial charge >= 0.3 is 0 Å². The largest absolute Gasteiger partial charge is 0.271 e. The van der Waals surface area contributed by atoms with E-state index >= 15 is 0 Å². The summed E-state index contributed by atoms with van der Waals surface area (Å²) in [6.07, 6.45) is 0. The highest BCUT2D eigenvalue weighted by atomic mass is 19.2. The van der Waals surface area contributed by atoms with Crippen LogP contribution in [0.1, 0.15) is 34.1 Å². The van der Waals surface area contributed by atoms with E-state index in [-0.39, 0.29) is 11.1 Å². The minimum absolute atomic E-state index is 0.145. The van der Waals surface area contributed by atoms with Gasteiger partial charge < -0.3 is 0 Å². The molecule has 0 saturated heterocycles. The SMILES string of the molecule is Cc1cc(C(NN)c2ccc(C)c(F)c2F)c(C)nn1. The van der Waals surface area contributed by atoms with Crippen LogP contribution < -0.4 is 11.3 Å². The molecule has 1 aromatic carbocycles. The highest BCUT2D eigenvalue weighted by Gasteiger charge is 2.22. The zero-order chi connectivity index (χ0) is 14.9. The number of rotatable bonds is 3. The average molecular weight is 278 g/mol. The molecule has 3 N–H and O–H groups in total. The number of nitrogens with one attached hydrogen (secondary N) is 1. The first-order valence-corrected chi connectivity index (χ1v) is 6.17. The summed E-state index contributed by atoms with van der Waals surface area (Å²) < 4.78 is 27.8. The Kier molecular flexibility index (Phi) is 4.06. The molecule has 1 unspecified atom stereocenters. The van der Waals surface area contributed by atoms with Gasteiger partial charge in [0.2, 0.25) is 0 Å². The quantitative estimate of drug-likeness (QED) is 0.667. The van der Waals surface area contributed by atoms with Crippen molar-refractivity contribution in [1.82, 2.24) is 15.6 Å². The Bertz CT molecular complexity index is 643. The Morgan fingerprint density at radius 1 is 1.05 bits per heavy atom. The normalized spacial score (nSPS) is 12.5. The molecule has 6 heteroatoms. The van der Waals surface area contributed by atoms with E-state index in [0.29, 0.717) is 17.0 Å². The summed E-state index contributed by atoms with van der Waals surface area (Å²) in [5.41, 5.74) is 4.87. The molecule has 0 aliphatic rings. The minimum Gasteiger partial charge on any atom is -0.271 e. The van der Waals surface area contributed by atoms with Crippen LogP contribution in [0.4, 0.5) is 8.78 Å². The number of nitrogens with zero attached hydrogens (tertiary/aromatic N) is 2. The van der Waals surface area contributed by atoms with Crippen LogP contribution in [0.5, 0.6) is 0 Å². The first-order chi connectivity index (χ1) is 9.45. The van der Waals surface area contributed by atoms with Crippen molar-refractivity contribution in [1.29, 1.82) is 0 Å². The summed E-state index contributed by atoms with van der Waals surface area (Å²) in [5, 5.41) is 7.90. The van der Waals surface area contributed by atoms with Crippen molar-refractivity contribution in [2.75, 3.05) is 0 Å². The summed E-state index contributed by atoms with van der Waals surface area (Å²) in [6.45, 7) is 5.03. The summed E-state index contributed by atoms with van der Waals surface area (Å²) in [7, 11) is 0. The third-order valence-electron chi connectivity index (χ3n) is 3.23. The van der Waals surface area contributed by atoms with Crippen molar-refractivity contribution < 1.29 is 8.78 Å². The second kappa shape index (κ2) is 5.60. The smallest absolute Gasteiger partial charge is 0.164 e. The monoisotopic (exact) mass is 278 g/mol. The number of hydrazine groups is 1. The van der Waals surface area contributed by atoms with Gasteiger partial charge in [-0.05, 0) is 38.0 Å². The van der Waals surface area contributed by atoms with Gasteiger partial charge in [-0.25, -0.2) is 14.2 Å². The number of halogens is 2. The Morgan fingerprint density at radius 2 is 1.75 bits per heavy atom. The number of aromatic nitrogens is 2.